The second-order valence-corrected chi connectivity index (χ2v) is 5.83. The first-order valence-corrected chi connectivity index (χ1v) is 6.39. The predicted octanol–water partition coefficient (Wildman–Crippen LogP) is 1.55. The molecule has 0 radical (unpaired) electrons. The van der Waals surface area contributed by atoms with Gasteiger partial charge in [-0.2, -0.15) is 0 Å². The van der Waals surface area contributed by atoms with Crippen molar-refractivity contribution in [3.05, 3.63) is 0 Å². The van der Waals surface area contributed by atoms with Crippen molar-refractivity contribution < 1.29 is 29.0 Å². The van der Waals surface area contributed by atoms with Crippen LogP contribution in [0.15, 0.2) is 0 Å². The van der Waals surface area contributed by atoms with Crippen molar-refractivity contribution >= 4 is 18.0 Å². The predicted molar refractivity (Wildman–Crippen MR) is 71.2 cm³/mol. The average Bonchev–Trinajstić information content (AvgIpc) is 2.21. The van der Waals surface area contributed by atoms with Crippen LogP contribution in [-0.4, -0.2) is 41.4 Å². The van der Waals surface area contributed by atoms with Crippen molar-refractivity contribution in [2.45, 2.75) is 52.7 Å². The Kier molecular flexibility index (Phi) is 7.02. The number of amides is 1. The van der Waals surface area contributed by atoms with Crippen LogP contribution in [0, 0.1) is 5.92 Å². The lowest BCUT2D eigenvalue weighted by atomic mass is 10.0. The summed E-state index contributed by atoms with van der Waals surface area (Å²) in [6.45, 7) is 8.11. The minimum absolute atomic E-state index is 0.118. The Morgan fingerprint density at radius 2 is 1.75 bits per heavy atom. The van der Waals surface area contributed by atoms with Crippen LogP contribution in [0.1, 0.15) is 41.0 Å². The van der Waals surface area contributed by atoms with Crippen molar-refractivity contribution in [1.29, 1.82) is 0 Å². The third-order valence-corrected chi connectivity index (χ3v) is 2.02. The minimum Gasteiger partial charge on any atom is -0.479 e. The van der Waals surface area contributed by atoms with Gasteiger partial charge in [-0.05, 0) is 33.1 Å². The maximum absolute atomic E-state index is 11.7. The number of hydrogen-bond donors (Lipinski definition) is 2. The van der Waals surface area contributed by atoms with Gasteiger partial charge in [-0.15, -0.1) is 0 Å². The van der Waals surface area contributed by atoms with Gasteiger partial charge in [-0.25, -0.2) is 14.4 Å². The van der Waals surface area contributed by atoms with E-state index in [0.717, 1.165) is 0 Å². The van der Waals surface area contributed by atoms with Crippen molar-refractivity contribution in [2.75, 3.05) is 6.61 Å². The number of ether oxygens (including phenoxy) is 2. The fourth-order valence-electron chi connectivity index (χ4n) is 1.37. The summed E-state index contributed by atoms with van der Waals surface area (Å²) in [6, 6.07) is -0.927. The highest BCUT2D eigenvalue weighted by Crippen LogP contribution is 2.10. The number of rotatable bonds is 6. The number of alkyl carbamates (subject to hydrolysis) is 1. The van der Waals surface area contributed by atoms with Crippen LogP contribution in [0.25, 0.3) is 0 Å². The highest BCUT2D eigenvalue weighted by atomic mass is 16.6. The van der Waals surface area contributed by atoms with E-state index in [1.54, 1.807) is 20.8 Å². The number of aliphatic carboxylic acids is 1. The molecule has 1 amide bonds. The third kappa shape index (κ3) is 9.18. The second-order valence-electron chi connectivity index (χ2n) is 5.83. The molecule has 116 valence electrons. The van der Waals surface area contributed by atoms with Gasteiger partial charge in [0.1, 0.15) is 11.6 Å². The smallest absolute Gasteiger partial charge is 0.408 e. The molecule has 0 saturated heterocycles. The molecule has 0 rings (SSSR count). The molecule has 0 aliphatic rings. The Labute approximate surface area is 118 Å². The molecular weight excluding hydrogens is 266 g/mol. The summed E-state index contributed by atoms with van der Waals surface area (Å²) in [6.07, 6.45) is -0.409. The van der Waals surface area contributed by atoms with Crippen LogP contribution in [-0.2, 0) is 19.1 Å². The molecule has 0 saturated carbocycles. The lowest BCUT2D eigenvalue weighted by Gasteiger charge is -2.23. The fourth-order valence-corrected chi connectivity index (χ4v) is 1.37. The van der Waals surface area contributed by atoms with Crippen LogP contribution < -0.4 is 5.32 Å². The number of carbonyl (C=O) groups excluding carboxylic acids is 2. The third-order valence-electron chi connectivity index (χ3n) is 2.02. The Bertz CT molecular complexity index is 358. The molecule has 1 atom stereocenters. The first-order valence-electron chi connectivity index (χ1n) is 6.39. The zero-order chi connectivity index (χ0) is 15.9. The summed E-state index contributed by atoms with van der Waals surface area (Å²) in [4.78, 5) is 33.7. The highest BCUT2D eigenvalue weighted by molar-refractivity contribution is 5.83. The lowest BCUT2D eigenvalue weighted by Crippen LogP contribution is -2.45. The number of carbonyl (C=O) groups is 3. The number of carboxylic acids is 1. The van der Waals surface area contributed by atoms with Gasteiger partial charge in [0.05, 0.1) is 0 Å². The SMILES string of the molecule is CC(C)C[C@H](NC(=O)OC(C)(C)C)C(=O)OCC(=O)O. The molecule has 0 fully saturated rings. The highest BCUT2D eigenvalue weighted by Gasteiger charge is 2.26. The molecule has 0 heterocycles. The molecule has 0 aromatic carbocycles. The summed E-state index contributed by atoms with van der Waals surface area (Å²) in [5.41, 5.74) is -0.683. The van der Waals surface area contributed by atoms with Crippen molar-refractivity contribution in [3.8, 4) is 0 Å². The van der Waals surface area contributed by atoms with Crippen LogP contribution in [0.2, 0.25) is 0 Å². The molecular formula is C13H23NO6. The zero-order valence-corrected chi connectivity index (χ0v) is 12.6. The van der Waals surface area contributed by atoms with Gasteiger partial charge in [0, 0.05) is 0 Å². The molecule has 20 heavy (non-hydrogen) atoms. The minimum atomic E-state index is -1.25. The van der Waals surface area contributed by atoms with Gasteiger partial charge in [0.2, 0.25) is 0 Å². The fraction of sp³-hybridized carbons (Fsp3) is 0.769. The average molecular weight is 289 g/mol. The summed E-state index contributed by atoms with van der Waals surface area (Å²) in [5, 5.41) is 10.9. The van der Waals surface area contributed by atoms with Gasteiger partial charge < -0.3 is 19.9 Å². The van der Waals surface area contributed by atoms with E-state index in [4.69, 9.17) is 9.84 Å². The van der Waals surface area contributed by atoms with Gasteiger partial charge in [0.25, 0.3) is 0 Å². The first-order chi connectivity index (χ1) is 9.01. The summed E-state index contributed by atoms with van der Waals surface area (Å²) in [5.74, 6) is -1.92. The molecule has 0 aliphatic heterocycles. The molecule has 0 unspecified atom stereocenters. The van der Waals surface area contributed by atoms with Crippen LogP contribution in [0.4, 0.5) is 4.79 Å². The van der Waals surface area contributed by atoms with Crippen molar-refractivity contribution in [1.82, 2.24) is 5.32 Å². The number of nitrogens with one attached hydrogen (secondary N) is 1. The second kappa shape index (κ2) is 7.72. The van der Waals surface area contributed by atoms with E-state index in [-0.39, 0.29) is 5.92 Å². The van der Waals surface area contributed by atoms with Gasteiger partial charge in [-0.3, -0.25) is 0 Å². The summed E-state index contributed by atoms with van der Waals surface area (Å²) < 4.78 is 9.64. The summed E-state index contributed by atoms with van der Waals surface area (Å²) in [7, 11) is 0. The maximum atomic E-state index is 11.7. The Balaban J connectivity index is 4.59. The van der Waals surface area contributed by atoms with E-state index in [1.807, 2.05) is 13.8 Å². The monoisotopic (exact) mass is 289 g/mol. The molecule has 0 aromatic rings. The summed E-state index contributed by atoms with van der Waals surface area (Å²) >= 11 is 0. The number of hydrogen-bond acceptors (Lipinski definition) is 5. The quantitative estimate of drug-likeness (QED) is 0.719. The van der Waals surface area contributed by atoms with E-state index < -0.39 is 36.3 Å². The Morgan fingerprint density at radius 1 is 1.20 bits per heavy atom. The molecule has 0 aromatic heterocycles. The van der Waals surface area contributed by atoms with E-state index in [2.05, 4.69) is 10.1 Å². The van der Waals surface area contributed by atoms with Gasteiger partial charge in [0.15, 0.2) is 6.61 Å². The van der Waals surface area contributed by atoms with Crippen LogP contribution >= 0.6 is 0 Å². The lowest BCUT2D eigenvalue weighted by molar-refractivity contribution is -0.156. The van der Waals surface area contributed by atoms with E-state index in [0.29, 0.717) is 6.42 Å². The van der Waals surface area contributed by atoms with Crippen molar-refractivity contribution in [3.63, 3.8) is 0 Å². The molecule has 7 nitrogen and oxygen atoms in total. The molecule has 0 bridgehead atoms. The standard InChI is InChI=1S/C13H23NO6/c1-8(2)6-9(11(17)19-7-10(15)16)14-12(18)20-13(3,4)5/h8-9H,6-7H2,1-5H3,(H,14,18)(H,15,16)/t9-/m0/s1. The molecule has 0 aliphatic carbocycles. The first kappa shape index (κ1) is 18.2. The molecule has 2 N–H and O–H groups in total. The zero-order valence-electron chi connectivity index (χ0n) is 12.6. The van der Waals surface area contributed by atoms with E-state index >= 15 is 0 Å². The van der Waals surface area contributed by atoms with Crippen LogP contribution in [0.3, 0.4) is 0 Å². The Morgan fingerprint density at radius 3 is 2.15 bits per heavy atom. The van der Waals surface area contributed by atoms with Gasteiger partial charge >= 0.3 is 18.0 Å². The van der Waals surface area contributed by atoms with Gasteiger partial charge in [-0.1, -0.05) is 13.8 Å². The number of esters is 1. The molecule has 0 spiro atoms. The van der Waals surface area contributed by atoms with Crippen LogP contribution in [0.5, 0.6) is 0 Å². The molecule has 7 heteroatoms. The topological polar surface area (TPSA) is 102 Å². The van der Waals surface area contributed by atoms with Crippen molar-refractivity contribution in [2.24, 2.45) is 5.92 Å². The van der Waals surface area contributed by atoms with E-state index in [9.17, 15) is 14.4 Å². The van der Waals surface area contributed by atoms with E-state index in [1.165, 1.54) is 0 Å². The Hall–Kier alpha value is -1.79. The largest absolute Gasteiger partial charge is 0.479 e. The normalized spacial score (nSPS) is 12.7. The maximum Gasteiger partial charge on any atom is 0.408 e. The number of carboxylic acid groups (broad SMARTS) is 1.